The molecule has 0 aromatic carbocycles. The van der Waals surface area contributed by atoms with Gasteiger partial charge in [0.15, 0.2) is 0 Å². The SMILES string of the molecule is Cc1cc(C#N)cc(N(CC2CCCCN2)C(C)C)n1. The van der Waals surface area contributed by atoms with Gasteiger partial charge in [0, 0.05) is 24.3 Å². The lowest BCUT2D eigenvalue weighted by molar-refractivity contribution is 0.392. The third-order valence-corrected chi connectivity index (χ3v) is 3.82. The molecule has 1 aromatic heterocycles. The lowest BCUT2D eigenvalue weighted by Gasteiger charge is -2.34. The van der Waals surface area contributed by atoms with Crippen molar-refractivity contribution in [2.24, 2.45) is 0 Å². The van der Waals surface area contributed by atoms with Crippen molar-refractivity contribution >= 4 is 5.82 Å². The summed E-state index contributed by atoms with van der Waals surface area (Å²) in [5.74, 6) is 0.920. The van der Waals surface area contributed by atoms with E-state index >= 15 is 0 Å². The van der Waals surface area contributed by atoms with E-state index in [0.29, 0.717) is 17.6 Å². The van der Waals surface area contributed by atoms with E-state index in [4.69, 9.17) is 5.26 Å². The van der Waals surface area contributed by atoms with E-state index in [1.54, 1.807) is 0 Å². The summed E-state index contributed by atoms with van der Waals surface area (Å²) in [7, 11) is 0. The van der Waals surface area contributed by atoms with Crippen LogP contribution in [0.2, 0.25) is 0 Å². The third kappa shape index (κ3) is 3.71. The van der Waals surface area contributed by atoms with E-state index in [2.05, 4.69) is 35.1 Å². The molecule has 0 saturated carbocycles. The number of nitrogens with zero attached hydrogens (tertiary/aromatic N) is 3. The quantitative estimate of drug-likeness (QED) is 0.915. The summed E-state index contributed by atoms with van der Waals surface area (Å²) < 4.78 is 0. The van der Waals surface area contributed by atoms with Gasteiger partial charge in [0.25, 0.3) is 0 Å². The standard InChI is InChI=1S/C16H24N4/c1-12(2)20(11-15-6-4-5-7-18-15)16-9-14(10-17)8-13(3)19-16/h8-9,12,15,18H,4-7,11H2,1-3H3. The monoisotopic (exact) mass is 272 g/mol. The highest BCUT2D eigenvalue weighted by molar-refractivity contribution is 5.47. The highest BCUT2D eigenvalue weighted by atomic mass is 15.2. The van der Waals surface area contributed by atoms with Gasteiger partial charge in [-0.2, -0.15) is 5.26 Å². The van der Waals surface area contributed by atoms with Gasteiger partial charge >= 0.3 is 0 Å². The van der Waals surface area contributed by atoms with Crippen molar-refractivity contribution in [1.82, 2.24) is 10.3 Å². The van der Waals surface area contributed by atoms with Crippen molar-refractivity contribution < 1.29 is 0 Å². The predicted octanol–water partition coefficient (Wildman–Crippen LogP) is 2.62. The van der Waals surface area contributed by atoms with Crippen LogP contribution in [0.15, 0.2) is 12.1 Å². The summed E-state index contributed by atoms with van der Waals surface area (Å²) >= 11 is 0. The molecule has 1 saturated heterocycles. The second-order valence-electron chi connectivity index (χ2n) is 5.86. The zero-order chi connectivity index (χ0) is 14.5. The van der Waals surface area contributed by atoms with Gasteiger partial charge in [-0.25, -0.2) is 4.98 Å². The summed E-state index contributed by atoms with van der Waals surface area (Å²) in [5, 5.41) is 12.7. The molecule has 2 heterocycles. The van der Waals surface area contributed by atoms with Crippen molar-refractivity contribution in [1.29, 1.82) is 5.26 Å². The molecule has 0 bridgehead atoms. The maximum absolute atomic E-state index is 9.12. The second kappa shape index (κ2) is 6.71. The molecule has 108 valence electrons. The van der Waals surface area contributed by atoms with Crippen molar-refractivity contribution in [3.63, 3.8) is 0 Å². The molecule has 2 rings (SSSR count). The normalized spacial score (nSPS) is 18.9. The van der Waals surface area contributed by atoms with Crippen LogP contribution in [0.5, 0.6) is 0 Å². The Morgan fingerprint density at radius 1 is 1.45 bits per heavy atom. The summed E-state index contributed by atoms with van der Waals surface area (Å²) in [6.07, 6.45) is 3.80. The molecule has 1 atom stereocenters. The maximum atomic E-state index is 9.12. The van der Waals surface area contributed by atoms with Crippen LogP contribution in [0.3, 0.4) is 0 Å². The van der Waals surface area contributed by atoms with Crippen LogP contribution < -0.4 is 10.2 Å². The summed E-state index contributed by atoms with van der Waals surface area (Å²) in [5.41, 5.74) is 1.59. The molecule has 1 aromatic rings. The molecule has 0 amide bonds. The molecule has 1 aliphatic heterocycles. The number of rotatable bonds is 4. The summed E-state index contributed by atoms with van der Waals surface area (Å²) in [4.78, 5) is 6.92. The highest BCUT2D eigenvalue weighted by Crippen LogP contribution is 2.19. The van der Waals surface area contributed by atoms with Crippen LogP contribution in [0.4, 0.5) is 5.82 Å². The largest absolute Gasteiger partial charge is 0.353 e. The number of hydrogen-bond acceptors (Lipinski definition) is 4. The van der Waals surface area contributed by atoms with Gasteiger partial charge in [0.05, 0.1) is 11.6 Å². The molecule has 0 radical (unpaired) electrons. The van der Waals surface area contributed by atoms with Gasteiger partial charge in [-0.3, -0.25) is 0 Å². The number of piperidine rings is 1. The van der Waals surface area contributed by atoms with E-state index in [0.717, 1.165) is 24.6 Å². The molecule has 0 aliphatic carbocycles. The van der Waals surface area contributed by atoms with Crippen LogP contribution in [0, 0.1) is 18.3 Å². The minimum absolute atomic E-state index is 0.375. The van der Waals surface area contributed by atoms with Crippen LogP contribution in [0.25, 0.3) is 0 Å². The molecule has 1 N–H and O–H groups in total. The van der Waals surface area contributed by atoms with E-state index in [1.807, 2.05) is 19.1 Å². The number of aryl methyl sites for hydroxylation is 1. The summed E-state index contributed by atoms with van der Waals surface area (Å²) in [6.45, 7) is 8.37. The Balaban J connectivity index is 2.19. The molecule has 20 heavy (non-hydrogen) atoms. The van der Waals surface area contributed by atoms with Gasteiger partial charge in [-0.05, 0) is 52.3 Å². The van der Waals surface area contributed by atoms with E-state index in [-0.39, 0.29) is 0 Å². The average Bonchev–Trinajstić information content (AvgIpc) is 2.44. The van der Waals surface area contributed by atoms with Crippen LogP contribution in [-0.4, -0.2) is 30.2 Å². The first-order valence-corrected chi connectivity index (χ1v) is 7.49. The van der Waals surface area contributed by atoms with Crippen LogP contribution in [0.1, 0.15) is 44.4 Å². The van der Waals surface area contributed by atoms with Gasteiger partial charge in [0.2, 0.25) is 0 Å². The molecule has 4 nitrogen and oxygen atoms in total. The smallest absolute Gasteiger partial charge is 0.130 e. The first-order chi connectivity index (χ1) is 9.60. The Kier molecular flexibility index (Phi) is 4.97. The van der Waals surface area contributed by atoms with Crippen molar-refractivity contribution in [3.8, 4) is 6.07 Å². The van der Waals surface area contributed by atoms with Gasteiger partial charge in [0.1, 0.15) is 5.82 Å². The zero-order valence-electron chi connectivity index (χ0n) is 12.7. The molecular weight excluding hydrogens is 248 g/mol. The Labute approximate surface area is 121 Å². The molecule has 1 unspecified atom stereocenters. The minimum Gasteiger partial charge on any atom is -0.353 e. The number of anilines is 1. The molecule has 1 aliphatic rings. The lowest BCUT2D eigenvalue weighted by Crippen LogP contribution is -2.46. The predicted molar refractivity (Wildman–Crippen MR) is 81.8 cm³/mol. The second-order valence-corrected chi connectivity index (χ2v) is 5.86. The number of hydrogen-bond donors (Lipinski definition) is 1. The van der Waals surface area contributed by atoms with E-state index in [1.165, 1.54) is 19.3 Å². The maximum Gasteiger partial charge on any atom is 0.130 e. The fourth-order valence-corrected chi connectivity index (χ4v) is 2.75. The molecular formula is C16H24N4. The molecule has 0 spiro atoms. The number of pyridine rings is 1. The Hall–Kier alpha value is -1.60. The van der Waals surface area contributed by atoms with Gasteiger partial charge < -0.3 is 10.2 Å². The molecule has 1 fully saturated rings. The van der Waals surface area contributed by atoms with Crippen LogP contribution >= 0.6 is 0 Å². The fourth-order valence-electron chi connectivity index (χ4n) is 2.75. The topological polar surface area (TPSA) is 52.0 Å². The van der Waals surface area contributed by atoms with E-state index < -0.39 is 0 Å². The zero-order valence-corrected chi connectivity index (χ0v) is 12.7. The van der Waals surface area contributed by atoms with Crippen molar-refractivity contribution in [2.45, 2.75) is 52.1 Å². The fraction of sp³-hybridized carbons (Fsp3) is 0.625. The number of nitrogens with one attached hydrogen (secondary N) is 1. The minimum atomic E-state index is 0.375. The number of nitriles is 1. The van der Waals surface area contributed by atoms with Gasteiger partial charge in [-0.15, -0.1) is 0 Å². The van der Waals surface area contributed by atoms with Gasteiger partial charge in [-0.1, -0.05) is 6.42 Å². The lowest BCUT2D eigenvalue weighted by atomic mass is 10.0. The highest BCUT2D eigenvalue weighted by Gasteiger charge is 2.20. The van der Waals surface area contributed by atoms with Crippen molar-refractivity contribution in [2.75, 3.05) is 18.0 Å². The first-order valence-electron chi connectivity index (χ1n) is 7.49. The molecule has 4 heteroatoms. The van der Waals surface area contributed by atoms with E-state index in [9.17, 15) is 0 Å². The number of aromatic nitrogens is 1. The van der Waals surface area contributed by atoms with Crippen molar-refractivity contribution in [3.05, 3.63) is 23.4 Å². The Morgan fingerprint density at radius 3 is 2.85 bits per heavy atom. The van der Waals surface area contributed by atoms with Crippen LogP contribution in [-0.2, 0) is 0 Å². The Bertz CT molecular complexity index is 484. The third-order valence-electron chi connectivity index (χ3n) is 3.82. The Morgan fingerprint density at radius 2 is 2.25 bits per heavy atom. The summed E-state index contributed by atoms with van der Waals surface area (Å²) in [6, 6.07) is 6.86. The first kappa shape index (κ1) is 14.8. The average molecular weight is 272 g/mol.